The quantitative estimate of drug-likeness (QED) is 0.826. The van der Waals surface area contributed by atoms with Crippen LogP contribution in [0.1, 0.15) is 70.5 Å². The first-order valence-corrected chi connectivity index (χ1v) is 7.19. The highest BCUT2D eigenvalue weighted by Gasteiger charge is 2.49. The van der Waals surface area contributed by atoms with Gasteiger partial charge in [0, 0.05) is 24.0 Å². The predicted octanol–water partition coefficient (Wildman–Crippen LogP) is 2.92. The molecule has 2 bridgehead atoms. The van der Waals surface area contributed by atoms with Gasteiger partial charge in [-0.25, -0.2) is 0 Å². The van der Waals surface area contributed by atoms with E-state index in [0.717, 1.165) is 17.8 Å². The van der Waals surface area contributed by atoms with E-state index >= 15 is 0 Å². The van der Waals surface area contributed by atoms with Crippen LogP contribution < -0.4 is 0 Å². The van der Waals surface area contributed by atoms with E-state index in [2.05, 4.69) is 42.7 Å². The molecule has 2 saturated heterocycles. The van der Waals surface area contributed by atoms with Crippen molar-refractivity contribution in [2.45, 2.75) is 76.9 Å². The summed E-state index contributed by atoms with van der Waals surface area (Å²) in [6.07, 6.45) is 3.82. The molecular formula is C14H23N3O. The second kappa shape index (κ2) is 4.34. The second-order valence-corrected chi connectivity index (χ2v) is 6.33. The molecular weight excluding hydrogens is 226 g/mol. The molecule has 1 aromatic rings. The van der Waals surface area contributed by atoms with Crippen LogP contribution in [0.3, 0.4) is 0 Å². The summed E-state index contributed by atoms with van der Waals surface area (Å²) in [6, 6.07) is 1.98. The topological polar surface area (TPSA) is 42.2 Å². The maximum absolute atomic E-state index is 5.50. The highest BCUT2D eigenvalue weighted by molar-refractivity contribution is 5.12. The van der Waals surface area contributed by atoms with Gasteiger partial charge in [0.05, 0.1) is 5.92 Å². The third kappa shape index (κ3) is 1.78. The number of aromatic nitrogens is 2. The summed E-state index contributed by atoms with van der Waals surface area (Å²) in [7, 11) is 0. The Morgan fingerprint density at radius 3 is 2.56 bits per heavy atom. The molecule has 3 heterocycles. The highest BCUT2D eigenvalue weighted by atomic mass is 16.5. The summed E-state index contributed by atoms with van der Waals surface area (Å²) >= 11 is 0. The van der Waals surface area contributed by atoms with E-state index in [9.17, 15) is 0 Å². The summed E-state index contributed by atoms with van der Waals surface area (Å²) in [5.74, 6) is 2.54. The molecule has 4 nitrogen and oxygen atoms in total. The zero-order valence-corrected chi connectivity index (χ0v) is 11.8. The predicted molar refractivity (Wildman–Crippen MR) is 69.5 cm³/mol. The number of fused-ring (bicyclic) bond motifs is 2. The fourth-order valence-corrected chi connectivity index (χ4v) is 3.73. The van der Waals surface area contributed by atoms with Crippen LogP contribution >= 0.6 is 0 Å². The van der Waals surface area contributed by atoms with Gasteiger partial charge in [0.2, 0.25) is 5.89 Å². The molecule has 0 N–H and O–H groups in total. The van der Waals surface area contributed by atoms with Gasteiger partial charge in [-0.1, -0.05) is 19.0 Å². The lowest BCUT2D eigenvalue weighted by Crippen LogP contribution is -2.36. The number of nitrogens with zero attached hydrogens (tertiary/aromatic N) is 3. The normalized spacial score (nSPS) is 32.0. The van der Waals surface area contributed by atoms with Crippen molar-refractivity contribution in [3.05, 3.63) is 11.7 Å². The van der Waals surface area contributed by atoms with Crippen LogP contribution in [0.2, 0.25) is 0 Å². The maximum atomic E-state index is 5.50. The van der Waals surface area contributed by atoms with Crippen LogP contribution in [-0.4, -0.2) is 33.2 Å². The standard InChI is InChI=1S/C14H23N3O/c1-8(2)13-15-14(18-16-13)11-7-10-5-6-12(11)17(10)9(3)4/h8-12H,5-7H2,1-4H3. The van der Waals surface area contributed by atoms with Gasteiger partial charge in [0.25, 0.3) is 0 Å². The van der Waals surface area contributed by atoms with E-state index < -0.39 is 0 Å². The third-order valence-electron chi connectivity index (χ3n) is 4.48. The lowest BCUT2D eigenvalue weighted by molar-refractivity contribution is 0.191. The van der Waals surface area contributed by atoms with Crippen molar-refractivity contribution < 1.29 is 4.52 Å². The molecule has 100 valence electrons. The molecule has 4 heteroatoms. The molecule has 3 atom stereocenters. The molecule has 3 unspecified atom stereocenters. The average Bonchev–Trinajstić information content (AvgIpc) is 3.02. The molecule has 18 heavy (non-hydrogen) atoms. The van der Waals surface area contributed by atoms with Crippen LogP contribution in [-0.2, 0) is 0 Å². The minimum atomic E-state index is 0.349. The van der Waals surface area contributed by atoms with Gasteiger partial charge in [-0.3, -0.25) is 4.90 Å². The van der Waals surface area contributed by atoms with Crippen molar-refractivity contribution in [2.24, 2.45) is 0 Å². The van der Waals surface area contributed by atoms with Crippen molar-refractivity contribution in [1.82, 2.24) is 15.0 Å². The van der Waals surface area contributed by atoms with Crippen molar-refractivity contribution >= 4 is 0 Å². The fourth-order valence-electron chi connectivity index (χ4n) is 3.73. The second-order valence-electron chi connectivity index (χ2n) is 6.33. The summed E-state index contributed by atoms with van der Waals surface area (Å²) in [6.45, 7) is 8.80. The number of hydrogen-bond acceptors (Lipinski definition) is 4. The Hall–Kier alpha value is -0.900. The van der Waals surface area contributed by atoms with Crippen LogP contribution in [0.4, 0.5) is 0 Å². The van der Waals surface area contributed by atoms with Crippen LogP contribution in [0.25, 0.3) is 0 Å². The van der Waals surface area contributed by atoms with E-state index in [0.29, 0.717) is 23.9 Å². The Labute approximate surface area is 109 Å². The van der Waals surface area contributed by atoms with Crippen LogP contribution in [0.5, 0.6) is 0 Å². The molecule has 0 amide bonds. The van der Waals surface area contributed by atoms with Gasteiger partial charge in [-0.2, -0.15) is 4.98 Å². The molecule has 1 aromatic heterocycles. The molecule has 0 saturated carbocycles. The number of hydrogen-bond donors (Lipinski definition) is 0. The molecule has 0 spiro atoms. The summed E-state index contributed by atoms with van der Waals surface area (Å²) < 4.78 is 5.50. The maximum Gasteiger partial charge on any atom is 0.231 e. The van der Waals surface area contributed by atoms with E-state index in [4.69, 9.17) is 4.52 Å². The van der Waals surface area contributed by atoms with Gasteiger partial charge < -0.3 is 4.52 Å². The van der Waals surface area contributed by atoms with Gasteiger partial charge in [-0.15, -0.1) is 0 Å². The summed E-state index contributed by atoms with van der Waals surface area (Å²) in [5, 5.41) is 4.11. The van der Waals surface area contributed by atoms with Crippen molar-refractivity contribution in [1.29, 1.82) is 0 Å². The number of rotatable bonds is 3. The summed E-state index contributed by atoms with van der Waals surface area (Å²) in [5.41, 5.74) is 0. The van der Waals surface area contributed by atoms with Gasteiger partial charge in [-0.05, 0) is 33.1 Å². The lowest BCUT2D eigenvalue weighted by atomic mass is 9.89. The molecule has 2 aliphatic heterocycles. The first kappa shape index (κ1) is 12.2. The van der Waals surface area contributed by atoms with E-state index in [-0.39, 0.29) is 0 Å². The monoisotopic (exact) mass is 249 g/mol. The molecule has 2 aliphatic rings. The van der Waals surface area contributed by atoms with E-state index in [1.54, 1.807) is 0 Å². The van der Waals surface area contributed by atoms with Gasteiger partial charge in [0.1, 0.15) is 0 Å². The Balaban J connectivity index is 1.82. The van der Waals surface area contributed by atoms with E-state index in [1.807, 2.05) is 0 Å². The fraction of sp³-hybridized carbons (Fsp3) is 0.857. The largest absolute Gasteiger partial charge is 0.339 e. The molecule has 3 rings (SSSR count). The van der Waals surface area contributed by atoms with Crippen LogP contribution in [0.15, 0.2) is 4.52 Å². The zero-order chi connectivity index (χ0) is 12.9. The van der Waals surface area contributed by atoms with E-state index in [1.165, 1.54) is 19.3 Å². The van der Waals surface area contributed by atoms with Crippen molar-refractivity contribution in [2.75, 3.05) is 0 Å². The van der Waals surface area contributed by atoms with Crippen molar-refractivity contribution in [3.63, 3.8) is 0 Å². The lowest BCUT2D eigenvalue weighted by Gasteiger charge is -2.26. The minimum absolute atomic E-state index is 0.349. The SMILES string of the molecule is CC(C)c1noc(C2CC3CCC2N3C(C)C)n1. The van der Waals surface area contributed by atoms with Crippen molar-refractivity contribution in [3.8, 4) is 0 Å². The third-order valence-corrected chi connectivity index (χ3v) is 4.48. The van der Waals surface area contributed by atoms with Crippen LogP contribution in [0, 0.1) is 0 Å². The minimum Gasteiger partial charge on any atom is -0.339 e. The highest BCUT2D eigenvalue weighted by Crippen LogP contribution is 2.47. The van der Waals surface area contributed by atoms with Gasteiger partial charge >= 0.3 is 0 Å². The molecule has 2 fully saturated rings. The first-order chi connectivity index (χ1) is 8.58. The molecule has 0 aliphatic carbocycles. The smallest absolute Gasteiger partial charge is 0.231 e. The van der Waals surface area contributed by atoms with Gasteiger partial charge in [0.15, 0.2) is 5.82 Å². The first-order valence-electron chi connectivity index (χ1n) is 7.19. The Kier molecular flexibility index (Phi) is 2.93. The Morgan fingerprint density at radius 2 is 2.00 bits per heavy atom. The Morgan fingerprint density at radius 1 is 1.22 bits per heavy atom. The molecule has 0 radical (unpaired) electrons. The Bertz CT molecular complexity index is 426. The average molecular weight is 249 g/mol. The zero-order valence-electron chi connectivity index (χ0n) is 11.8. The molecule has 0 aromatic carbocycles. The summed E-state index contributed by atoms with van der Waals surface area (Å²) in [4.78, 5) is 7.26.